The van der Waals surface area contributed by atoms with Crippen molar-refractivity contribution in [2.75, 3.05) is 52.9 Å². The third-order valence-corrected chi connectivity index (χ3v) is 6.66. The molecular formula is C24H40IN5O. The molecule has 0 radical (unpaired) electrons. The first-order valence-electron chi connectivity index (χ1n) is 11.5. The highest BCUT2D eigenvalue weighted by Crippen LogP contribution is 2.23. The molecule has 0 saturated carbocycles. The maximum Gasteiger partial charge on any atom is 0.239 e. The monoisotopic (exact) mass is 541 g/mol. The van der Waals surface area contributed by atoms with Gasteiger partial charge in [-0.05, 0) is 31.2 Å². The molecule has 174 valence electrons. The number of hydrogen-bond donors (Lipinski definition) is 1. The predicted octanol–water partition coefficient (Wildman–Crippen LogP) is 3.25. The van der Waals surface area contributed by atoms with Gasteiger partial charge in [-0.25, -0.2) is 0 Å². The van der Waals surface area contributed by atoms with Crippen molar-refractivity contribution in [3.63, 3.8) is 0 Å². The third kappa shape index (κ3) is 6.81. The number of halogens is 1. The van der Waals surface area contributed by atoms with Gasteiger partial charge in [-0.1, -0.05) is 44.2 Å². The quantitative estimate of drug-likeness (QED) is 0.342. The Kier molecular flexibility index (Phi) is 10.6. The molecule has 0 spiro atoms. The molecule has 2 fully saturated rings. The molecule has 7 heteroatoms. The van der Waals surface area contributed by atoms with Crippen molar-refractivity contribution in [1.82, 2.24) is 20.0 Å². The Bertz CT molecular complexity index is 697. The molecule has 31 heavy (non-hydrogen) atoms. The second kappa shape index (κ2) is 12.6. The van der Waals surface area contributed by atoms with E-state index in [1.54, 1.807) is 0 Å². The maximum atomic E-state index is 12.7. The van der Waals surface area contributed by atoms with Crippen LogP contribution in [-0.2, 0) is 4.79 Å². The van der Waals surface area contributed by atoms with Crippen LogP contribution in [0.1, 0.15) is 45.1 Å². The number of nitrogens with zero attached hydrogens (tertiary/aromatic N) is 4. The molecule has 2 aliphatic heterocycles. The minimum Gasteiger partial charge on any atom is -0.356 e. The van der Waals surface area contributed by atoms with E-state index < -0.39 is 0 Å². The molecule has 0 aliphatic carbocycles. The molecule has 0 bridgehead atoms. The fourth-order valence-corrected chi connectivity index (χ4v) is 4.65. The van der Waals surface area contributed by atoms with Crippen molar-refractivity contribution in [1.29, 1.82) is 0 Å². The average Bonchev–Trinajstić information content (AvgIpc) is 3.31. The van der Waals surface area contributed by atoms with Gasteiger partial charge in [0.25, 0.3) is 0 Å². The highest BCUT2D eigenvalue weighted by Gasteiger charge is 2.30. The molecular weight excluding hydrogens is 501 g/mol. The minimum atomic E-state index is -0.0244. The van der Waals surface area contributed by atoms with Crippen molar-refractivity contribution in [2.45, 2.75) is 45.6 Å². The number of benzene rings is 1. The number of likely N-dealkylation sites (tertiary alicyclic amines) is 1. The summed E-state index contributed by atoms with van der Waals surface area (Å²) in [5, 5.41) is 3.61. The summed E-state index contributed by atoms with van der Waals surface area (Å²) in [4.78, 5) is 24.0. The van der Waals surface area contributed by atoms with Gasteiger partial charge >= 0.3 is 0 Å². The topological polar surface area (TPSA) is 51.2 Å². The van der Waals surface area contributed by atoms with E-state index in [1.807, 2.05) is 11.9 Å². The van der Waals surface area contributed by atoms with Crippen LogP contribution >= 0.6 is 24.0 Å². The van der Waals surface area contributed by atoms with E-state index in [9.17, 15) is 4.79 Å². The van der Waals surface area contributed by atoms with Gasteiger partial charge in [0.2, 0.25) is 5.91 Å². The second-order valence-corrected chi connectivity index (χ2v) is 8.92. The zero-order valence-electron chi connectivity index (χ0n) is 19.6. The summed E-state index contributed by atoms with van der Waals surface area (Å²) in [7, 11) is 1.86. The second-order valence-electron chi connectivity index (χ2n) is 8.92. The first kappa shape index (κ1) is 25.9. The minimum absolute atomic E-state index is 0. The molecule has 2 saturated heterocycles. The predicted molar refractivity (Wildman–Crippen MR) is 139 cm³/mol. The van der Waals surface area contributed by atoms with Gasteiger partial charge in [0.05, 0.1) is 6.04 Å². The smallest absolute Gasteiger partial charge is 0.239 e. The van der Waals surface area contributed by atoms with Crippen LogP contribution in [0, 0.1) is 5.92 Å². The van der Waals surface area contributed by atoms with Crippen LogP contribution in [0.15, 0.2) is 35.3 Å². The molecule has 2 aliphatic rings. The van der Waals surface area contributed by atoms with Crippen LogP contribution < -0.4 is 5.32 Å². The molecule has 1 N–H and O–H groups in total. The Morgan fingerprint density at radius 2 is 1.58 bits per heavy atom. The zero-order chi connectivity index (χ0) is 21.5. The number of amides is 1. The number of hydrogen-bond acceptors (Lipinski definition) is 3. The van der Waals surface area contributed by atoms with Gasteiger partial charge in [0, 0.05) is 58.8 Å². The van der Waals surface area contributed by atoms with Gasteiger partial charge in [-0.3, -0.25) is 14.7 Å². The third-order valence-electron chi connectivity index (χ3n) is 6.66. The summed E-state index contributed by atoms with van der Waals surface area (Å²) in [5.41, 5.74) is 1.37. The van der Waals surface area contributed by atoms with Crippen LogP contribution in [0.3, 0.4) is 0 Å². The van der Waals surface area contributed by atoms with Crippen LogP contribution in [0.2, 0.25) is 0 Å². The molecule has 2 atom stereocenters. The van der Waals surface area contributed by atoms with Crippen molar-refractivity contribution in [2.24, 2.45) is 10.9 Å². The summed E-state index contributed by atoms with van der Waals surface area (Å²) in [6, 6.07) is 10.7. The summed E-state index contributed by atoms with van der Waals surface area (Å²) in [6.07, 6.45) is 2.29. The number of carbonyl (C=O) groups excluding carboxylic acids is 1. The number of nitrogens with one attached hydrogen (secondary N) is 1. The van der Waals surface area contributed by atoms with Crippen molar-refractivity contribution in [3.05, 3.63) is 35.9 Å². The van der Waals surface area contributed by atoms with Gasteiger partial charge in [0.15, 0.2) is 5.96 Å². The zero-order valence-corrected chi connectivity index (χ0v) is 21.9. The fourth-order valence-electron chi connectivity index (χ4n) is 4.65. The highest BCUT2D eigenvalue weighted by atomic mass is 127. The van der Waals surface area contributed by atoms with Crippen LogP contribution in [0.4, 0.5) is 0 Å². The average molecular weight is 542 g/mol. The number of guanidine groups is 1. The Hall–Kier alpha value is -1.35. The summed E-state index contributed by atoms with van der Waals surface area (Å²) < 4.78 is 0. The van der Waals surface area contributed by atoms with Gasteiger partial charge < -0.3 is 15.1 Å². The molecule has 0 aromatic heterocycles. The Labute approximate surface area is 205 Å². The molecule has 6 nitrogen and oxygen atoms in total. The van der Waals surface area contributed by atoms with Gasteiger partial charge in [-0.15, -0.1) is 24.0 Å². The number of rotatable bonds is 6. The van der Waals surface area contributed by atoms with Gasteiger partial charge in [-0.2, -0.15) is 0 Å². The van der Waals surface area contributed by atoms with Gasteiger partial charge in [0.1, 0.15) is 0 Å². The van der Waals surface area contributed by atoms with Crippen LogP contribution in [-0.4, -0.2) is 85.5 Å². The first-order chi connectivity index (χ1) is 14.5. The van der Waals surface area contributed by atoms with E-state index in [0.717, 1.165) is 64.6 Å². The van der Waals surface area contributed by atoms with E-state index in [-0.39, 0.29) is 30.0 Å². The fraction of sp³-hybridized carbons (Fsp3) is 0.667. The normalized spacial score (nSPS) is 19.8. The number of piperazine rings is 1. The molecule has 1 aromatic rings. The van der Waals surface area contributed by atoms with Crippen molar-refractivity contribution in [3.8, 4) is 0 Å². The Balaban J connectivity index is 0.00000341. The largest absolute Gasteiger partial charge is 0.356 e. The van der Waals surface area contributed by atoms with Crippen LogP contribution in [0.5, 0.6) is 0 Å². The lowest BCUT2D eigenvalue weighted by atomic mass is 9.88. The van der Waals surface area contributed by atoms with E-state index in [4.69, 9.17) is 0 Å². The van der Waals surface area contributed by atoms with E-state index in [0.29, 0.717) is 17.7 Å². The van der Waals surface area contributed by atoms with E-state index in [1.165, 1.54) is 5.56 Å². The molecule has 2 heterocycles. The Morgan fingerprint density at radius 1 is 0.968 bits per heavy atom. The van der Waals surface area contributed by atoms with Crippen molar-refractivity contribution >= 4 is 35.8 Å². The molecule has 1 aromatic carbocycles. The first-order valence-corrected chi connectivity index (χ1v) is 11.5. The number of aliphatic imine (C=N–C) groups is 1. The van der Waals surface area contributed by atoms with E-state index >= 15 is 0 Å². The van der Waals surface area contributed by atoms with Crippen LogP contribution in [0.25, 0.3) is 0 Å². The summed E-state index contributed by atoms with van der Waals surface area (Å²) in [5.74, 6) is 2.26. The lowest BCUT2D eigenvalue weighted by Gasteiger charge is -2.40. The molecule has 1 amide bonds. The molecule has 3 rings (SSSR count). The SMILES string of the molecule is CN=C(NCC(c1ccccc1)C(C)C)N1CCN(C(C)C(=O)N2CCCC2)CC1.I. The van der Waals surface area contributed by atoms with E-state index in [2.05, 4.69) is 71.2 Å². The lowest BCUT2D eigenvalue weighted by molar-refractivity contribution is -0.135. The maximum absolute atomic E-state index is 12.7. The standard InChI is InChI=1S/C24H39N5O.HI/c1-19(2)22(21-10-6-5-7-11-21)18-26-24(25-4)29-16-14-27(15-17-29)20(3)23(30)28-12-8-9-13-28;/h5-7,10-11,19-20,22H,8-9,12-18H2,1-4H3,(H,25,26);1H. The summed E-state index contributed by atoms with van der Waals surface area (Å²) in [6.45, 7) is 12.9. The van der Waals surface area contributed by atoms with Crippen molar-refractivity contribution < 1.29 is 4.79 Å². The lowest BCUT2D eigenvalue weighted by Crippen LogP contribution is -2.57. The molecule has 2 unspecified atom stereocenters. The highest BCUT2D eigenvalue weighted by molar-refractivity contribution is 14.0. The summed E-state index contributed by atoms with van der Waals surface area (Å²) >= 11 is 0. The number of carbonyl (C=O) groups is 1. The Morgan fingerprint density at radius 3 is 2.13 bits per heavy atom.